The van der Waals surface area contributed by atoms with E-state index in [2.05, 4.69) is 21.0 Å². The summed E-state index contributed by atoms with van der Waals surface area (Å²) in [6, 6.07) is 5.20. The molecular formula is C13H14BrFN2O. The predicted molar refractivity (Wildman–Crippen MR) is 71.0 cm³/mol. The molecule has 0 fully saturated rings. The number of rotatable bonds is 4. The second-order valence-electron chi connectivity index (χ2n) is 4.27. The van der Waals surface area contributed by atoms with Crippen molar-refractivity contribution in [3.8, 4) is 5.75 Å². The molecule has 96 valence electrons. The van der Waals surface area contributed by atoms with Gasteiger partial charge >= 0.3 is 0 Å². The molecular weight excluding hydrogens is 299 g/mol. The average molecular weight is 313 g/mol. The molecule has 0 bridgehead atoms. The number of benzene rings is 1. The Morgan fingerprint density at radius 2 is 2.22 bits per heavy atom. The quantitative estimate of drug-likeness (QED) is 0.855. The van der Waals surface area contributed by atoms with Gasteiger partial charge < -0.3 is 4.74 Å². The molecule has 0 spiro atoms. The monoisotopic (exact) mass is 312 g/mol. The summed E-state index contributed by atoms with van der Waals surface area (Å²) in [5, 5.41) is 4.15. The molecule has 0 atom stereocenters. The summed E-state index contributed by atoms with van der Waals surface area (Å²) < 4.78 is 21.6. The third-order valence-electron chi connectivity index (χ3n) is 2.52. The first-order valence-corrected chi connectivity index (χ1v) is 6.46. The van der Waals surface area contributed by atoms with Crippen molar-refractivity contribution in [1.82, 2.24) is 9.78 Å². The molecule has 0 unspecified atom stereocenters. The van der Waals surface area contributed by atoms with Crippen LogP contribution in [0.25, 0.3) is 0 Å². The minimum absolute atomic E-state index is 0.197. The molecule has 0 aliphatic rings. The van der Waals surface area contributed by atoms with Crippen molar-refractivity contribution in [3.05, 3.63) is 46.4 Å². The first kappa shape index (κ1) is 13.1. The summed E-state index contributed by atoms with van der Waals surface area (Å²) in [6.07, 6.45) is 3.44. The van der Waals surface area contributed by atoms with Gasteiger partial charge in [0.05, 0.1) is 12.4 Å². The van der Waals surface area contributed by atoms with Crippen molar-refractivity contribution in [2.75, 3.05) is 0 Å². The molecule has 0 amide bonds. The van der Waals surface area contributed by atoms with Gasteiger partial charge in [-0.2, -0.15) is 5.10 Å². The molecule has 3 nitrogen and oxygen atoms in total. The lowest BCUT2D eigenvalue weighted by Crippen LogP contribution is -2.00. The van der Waals surface area contributed by atoms with Gasteiger partial charge in [0.1, 0.15) is 12.4 Å². The summed E-state index contributed by atoms with van der Waals surface area (Å²) in [4.78, 5) is 0. The average Bonchev–Trinajstić information content (AvgIpc) is 2.76. The predicted octanol–water partition coefficient (Wildman–Crippen LogP) is 3.94. The van der Waals surface area contributed by atoms with Crippen LogP contribution in [-0.2, 0) is 6.61 Å². The smallest absolute Gasteiger partial charge is 0.157 e. The zero-order valence-corrected chi connectivity index (χ0v) is 11.8. The number of halogens is 2. The van der Waals surface area contributed by atoms with Gasteiger partial charge in [-0.3, -0.25) is 4.68 Å². The summed E-state index contributed by atoms with van der Waals surface area (Å²) in [7, 11) is 0. The molecule has 1 heterocycles. The number of ether oxygens (including phenoxy) is 1. The van der Waals surface area contributed by atoms with Gasteiger partial charge in [0, 0.05) is 16.1 Å². The van der Waals surface area contributed by atoms with Crippen LogP contribution in [0.1, 0.15) is 25.5 Å². The van der Waals surface area contributed by atoms with E-state index in [9.17, 15) is 4.39 Å². The van der Waals surface area contributed by atoms with E-state index in [1.807, 2.05) is 13.8 Å². The fourth-order valence-corrected chi connectivity index (χ4v) is 1.81. The third-order valence-corrected chi connectivity index (χ3v) is 3.01. The Morgan fingerprint density at radius 3 is 2.83 bits per heavy atom. The van der Waals surface area contributed by atoms with E-state index >= 15 is 0 Å². The SMILES string of the molecule is CC(C)n1cc(OCc2ccc(Br)cc2F)cn1. The molecule has 2 rings (SSSR count). The van der Waals surface area contributed by atoms with Crippen molar-refractivity contribution in [3.63, 3.8) is 0 Å². The summed E-state index contributed by atoms with van der Waals surface area (Å²) in [5.74, 6) is 0.367. The minimum atomic E-state index is -0.277. The largest absolute Gasteiger partial charge is 0.486 e. The molecule has 0 aliphatic carbocycles. The lowest BCUT2D eigenvalue weighted by Gasteiger charge is -2.06. The van der Waals surface area contributed by atoms with Crippen LogP contribution in [0.4, 0.5) is 4.39 Å². The second-order valence-corrected chi connectivity index (χ2v) is 5.19. The van der Waals surface area contributed by atoms with Gasteiger partial charge in [0.2, 0.25) is 0 Å². The molecule has 5 heteroatoms. The molecule has 0 N–H and O–H groups in total. The van der Waals surface area contributed by atoms with Crippen molar-refractivity contribution >= 4 is 15.9 Å². The Balaban J connectivity index is 2.02. The highest BCUT2D eigenvalue weighted by molar-refractivity contribution is 9.10. The van der Waals surface area contributed by atoms with Gasteiger partial charge in [0.15, 0.2) is 5.75 Å². The Kier molecular flexibility index (Phi) is 4.01. The Morgan fingerprint density at radius 1 is 1.44 bits per heavy atom. The van der Waals surface area contributed by atoms with Crippen molar-refractivity contribution in [1.29, 1.82) is 0 Å². The van der Waals surface area contributed by atoms with E-state index in [1.165, 1.54) is 6.07 Å². The number of hydrogen-bond donors (Lipinski definition) is 0. The maximum atomic E-state index is 13.6. The standard InChI is InChI=1S/C13H14BrFN2O/c1-9(2)17-7-12(6-16-17)18-8-10-3-4-11(14)5-13(10)15/h3-7,9H,8H2,1-2H3. The highest BCUT2D eigenvalue weighted by atomic mass is 79.9. The van der Waals surface area contributed by atoms with E-state index in [1.54, 1.807) is 29.2 Å². The zero-order valence-electron chi connectivity index (χ0n) is 10.2. The summed E-state index contributed by atoms with van der Waals surface area (Å²) in [5.41, 5.74) is 0.524. The topological polar surface area (TPSA) is 27.1 Å². The molecule has 1 aromatic heterocycles. The Bertz CT molecular complexity index is 540. The van der Waals surface area contributed by atoms with E-state index in [-0.39, 0.29) is 18.5 Å². The maximum absolute atomic E-state index is 13.6. The molecule has 18 heavy (non-hydrogen) atoms. The lowest BCUT2D eigenvalue weighted by molar-refractivity contribution is 0.299. The van der Waals surface area contributed by atoms with Gasteiger partial charge in [-0.05, 0) is 26.0 Å². The first-order valence-electron chi connectivity index (χ1n) is 5.67. The van der Waals surface area contributed by atoms with Gasteiger partial charge in [-0.25, -0.2) is 4.39 Å². The summed E-state index contributed by atoms with van der Waals surface area (Å²) >= 11 is 3.22. The zero-order chi connectivity index (χ0) is 13.1. The third kappa shape index (κ3) is 3.10. The van der Waals surface area contributed by atoms with Crippen LogP contribution in [0, 0.1) is 5.82 Å². The molecule has 1 aromatic carbocycles. The highest BCUT2D eigenvalue weighted by Gasteiger charge is 2.06. The van der Waals surface area contributed by atoms with Crippen LogP contribution in [0.2, 0.25) is 0 Å². The molecule has 0 aliphatic heterocycles. The lowest BCUT2D eigenvalue weighted by atomic mass is 10.2. The molecule has 0 saturated heterocycles. The van der Waals surface area contributed by atoms with Crippen LogP contribution in [0.15, 0.2) is 35.1 Å². The van der Waals surface area contributed by atoms with Gasteiger partial charge in [0.25, 0.3) is 0 Å². The van der Waals surface area contributed by atoms with Crippen LogP contribution in [0.5, 0.6) is 5.75 Å². The van der Waals surface area contributed by atoms with Crippen LogP contribution in [-0.4, -0.2) is 9.78 Å². The van der Waals surface area contributed by atoms with E-state index in [0.29, 0.717) is 11.3 Å². The van der Waals surface area contributed by atoms with Crippen molar-refractivity contribution < 1.29 is 9.13 Å². The minimum Gasteiger partial charge on any atom is -0.486 e. The van der Waals surface area contributed by atoms with Crippen molar-refractivity contribution in [2.45, 2.75) is 26.5 Å². The van der Waals surface area contributed by atoms with E-state index in [0.717, 1.165) is 4.47 Å². The number of aromatic nitrogens is 2. The van der Waals surface area contributed by atoms with Gasteiger partial charge in [-0.15, -0.1) is 0 Å². The van der Waals surface area contributed by atoms with E-state index < -0.39 is 0 Å². The molecule has 0 saturated carbocycles. The fraction of sp³-hybridized carbons (Fsp3) is 0.308. The van der Waals surface area contributed by atoms with Crippen LogP contribution < -0.4 is 4.74 Å². The number of hydrogen-bond acceptors (Lipinski definition) is 2. The normalized spacial score (nSPS) is 10.9. The second kappa shape index (κ2) is 5.52. The summed E-state index contributed by atoms with van der Waals surface area (Å²) in [6.45, 7) is 4.26. The van der Waals surface area contributed by atoms with Crippen LogP contribution >= 0.6 is 15.9 Å². The first-order chi connectivity index (χ1) is 8.56. The van der Waals surface area contributed by atoms with Crippen molar-refractivity contribution in [2.24, 2.45) is 0 Å². The fourth-order valence-electron chi connectivity index (χ4n) is 1.48. The van der Waals surface area contributed by atoms with Crippen LogP contribution in [0.3, 0.4) is 0 Å². The molecule has 2 aromatic rings. The molecule has 0 radical (unpaired) electrons. The van der Waals surface area contributed by atoms with Gasteiger partial charge in [-0.1, -0.05) is 22.0 Å². The Hall–Kier alpha value is -1.36. The Labute approximate surface area is 114 Å². The highest BCUT2D eigenvalue weighted by Crippen LogP contribution is 2.18. The van der Waals surface area contributed by atoms with E-state index in [4.69, 9.17) is 4.74 Å². The number of nitrogens with zero attached hydrogens (tertiary/aromatic N) is 2. The maximum Gasteiger partial charge on any atom is 0.157 e.